The number of aryl methyl sites for hydroxylation is 2. The highest BCUT2D eigenvalue weighted by molar-refractivity contribution is 5.22. The van der Waals surface area contributed by atoms with Crippen molar-refractivity contribution >= 4 is 0 Å². The Morgan fingerprint density at radius 3 is 2.16 bits per heavy atom. The first-order valence-corrected chi connectivity index (χ1v) is 8.11. The molecule has 0 saturated carbocycles. The van der Waals surface area contributed by atoms with Gasteiger partial charge in [-0.1, -0.05) is 51.5 Å². The summed E-state index contributed by atoms with van der Waals surface area (Å²) in [5, 5.41) is 3.67. The summed E-state index contributed by atoms with van der Waals surface area (Å²) in [5.74, 6) is 0. The summed E-state index contributed by atoms with van der Waals surface area (Å²) in [6.45, 7) is 7.90. The molecule has 0 heterocycles. The summed E-state index contributed by atoms with van der Waals surface area (Å²) in [4.78, 5) is 0. The molecule has 1 heteroatoms. The van der Waals surface area contributed by atoms with Crippen LogP contribution in [0.5, 0.6) is 0 Å². The average molecular weight is 261 g/mol. The summed E-state index contributed by atoms with van der Waals surface area (Å²) < 4.78 is 0. The van der Waals surface area contributed by atoms with Crippen molar-refractivity contribution in [2.75, 3.05) is 6.54 Å². The van der Waals surface area contributed by atoms with E-state index in [0.717, 1.165) is 19.0 Å². The Bertz CT molecular complexity index is 315. The third-order valence-electron chi connectivity index (χ3n) is 3.77. The fourth-order valence-corrected chi connectivity index (χ4v) is 2.54. The molecule has 0 radical (unpaired) electrons. The second-order valence-corrected chi connectivity index (χ2v) is 5.50. The number of benzene rings is 1. The molecule has 1 rings (SSSR count). The van der Waals surface area contributed by atoms with Crippen molar-refractivity contribution in [3.05, 3.63) is 35.4 Å². The minimum absolute atomic E-state index is 0.722. The molecule has 0 aromatic heterocycles. The Morgan fingerprint density at radius 1 is 0.895 bits per heavy atom. The zero-order valence-corrected chi connectivity index (χ0v) is 13.0. The Balaban J connectivity index is 2.29. The van der Waals surface area contributed by atoms with Gasteiger partial charge in [-0.3, -0.25) is 0 Å². The first-order valence-electron chi connectivity index (χ1n) is 8.11. The number of hydrogen-bond acceptors (Lipinski definition) is 1. The molecular weight excluding hydrogens is 230 g/mol. The standard InChI is InChI=1S/C18H31N/c1-4-8-18(19-15-5-2)10-7-9-17-13-11-16(6-3)12-14-17/h11-14,18-19H,4-10,15H2,1-3H3. The SMILES string of the molecule is CCCNC(CCC)CCCc1ccc(CC)cc1. The monoisotopic (exact) mass is 261 g/mol. The van der Waals surface area contributed by atoms with E-state index in [-0.39, 0.29) is 0 Å². The summed E-state index contributed by atoms with van der Waals surface area (Å²) in [6.07, 6.45) is 8.80. The highest BCUT2D eigenvalue weighted by atomic mass is 14.9. The summed E-state index contributed by atoms with van der Waals surface area (Å²) in [7, 11) is 0. The molecule has 0 aliphatic rings. The minimum Gasteiger partial charge on any atom is -0.314 e. The molecule has 0 bridgehead atoms. The predicted molar refractivity (Wildman–Crippen MR) is 85.7 cm³/mol. The molecule has 1 aromatic carbocycles. The van der Waals surface area contributed by atoms with Gasteiger partial charge >= 0.3 is 0 Å². The highest BCUT2D eigenvalue weighted by Crippen LogP contribution is 2.11. The van der Waals surface area contributed by atoms with Gasteiger partial charge < -0.3 is 5.32 Å². The molecule has 0 aliphatic carbocycles. The Morgan fingerprint density at radius 2 is 1.58 bits per heavy atom. The fourth-order valence-electron chi connectivity index (χ4n) is 2.54. The summed E-state index contributed by atoms with van der Waals surface area (Å²) >= 11 is 0. The molecule has 0 saturated heterocycles. The lowest BCUT2D eigenvalue weighted by molar-refractivity contribution is 0.438. The van der Waals surface area contributed by atoms with Crippen molar-refractivity contribution < 1.29 is 0 Å². The lowest BCUT2D eigenvalue weighted by atomic mass is 10.0. The van der Waals surface area contributed by atoms with Gasteiger partial charge in [0.1, 0.15) is 0 Å². The quantitative estimate of drug-likeness (QED) is 0.641. The summed E-state index contributed by atoms with van der Waals surface area (Å²) in [5.41, 5.74) is 2.93. The molecule has 1 aromatic rings. The first kappa shape index (κ1) is 16.2. The van der Waals surface area contributed by atoms with Crippen LogP contribution in [0.2, 0.25) is 0 Å². The van der Waals surface area contributed by atoms with E-state index in [0.29, 0.717) is 0 Å². The largest absolute Gasteiger partial charge is 0.314 e. The molecular formula is C18H31N. The van der Waals surface area contributed by atoms with Gasteiger partial charge in [0.25, 0.3) is 0 Å². The molecule has 0 spiro atoms. The van der Waals surface area contributed by atoms with E-state index < -0.39 is 0 Å². The number of nitrogens with one attached hydrogen (secondary N) is 1. The average Bonchev–Trinajstić information content (AvgIpc) is 2.45. The van der Waals surface area contributed by atoms with Gasteiger partial charge in [-0.15, -0.1) is 0 Å². The van der Waals surface area contributed by atoms with Gasteiger partial charge in [0, 0.05) is 6.04 Å². The Labute approximate surface area is 119 Å². The molecule has 0 fully saturated rings. The van der Waals surface area contributed by atoms with E-state index in [4.69, 9.17) is 0 Å². The van der Waals surface area contributed by atoms with Gasteiger partial charge in [0.15, 0.2) is 0 Å². The zero-order valence-electron chi connectivity index (χ0n) is 13.0. The number of rotatable bonds is 10. The van der Waals surface area contributed by atoms with Crippen LogP contribution in [0.1, 0.15) is 64.0 Å². The lowest BCUT2D eigenvalue weighted by Crippen LogP contribution is -2.29. The maximum atomic E-state index is 3.67. The molecule has 108 valence electrons. The molecule has 19 heavy (non-hydrogen) atoms. The van der Waals surface area contributed by atoms with Gasteiger partial charge in [-0.2, -0.15) is 0 Å². The predicted octanol–water partition coefficient (Wildman–Crippen LogP) is 4.74. The van der Waals surface area contributed by atoms with Crippen LogP contribution in [0.15, 0.2) is 24.3 Å². The van der Waals surface area contributed by atoms with Crippen molar-refractivity contribution in [2.24, 2.45) is 0 Å². The van der Waals surface area contributed by atoms with E-state index in [1.165, 1.54) is 49.7 Å². The van der Waals surface area contributed by atoms with E-state index in [1.54, 1.807) is 0 Å². The topological polar surface area (TPSA) is 12.0 Å². The Kier molecular flexibility index (Phi) is 8.57. The molecule has 1 nitrogen and oxygen atoms in total. The van der Waals surface area contributed by atoms with Gasteiger partial charge in [0.05, 0.1) is 0 Å². The van der Waals surface area contributed by atoms with Crippen LogP contribution in [-0.4, -0.2) is 12.6 Å². The van der Waals surface area contributed by atoms with Crippen molar-refractivity contribution in [1.82, 2.24) is 5.32 Å². The zero-order chi connectivity index (χ0) is 13.9. The van der Waals surface area contributed by atoms with Crippen molar-refractivity contribution in [3.63, 3.8) is 0 Å². The molecule has 1 N–H and O–H groups in total. The Hall–Kier alpha value is -0.820. The highest BCUT2D eigenvalue weighted by Gasteiger charge is 2.06. The van der Waals surface area contributed by atoms with Crippen LogP contribution < -0.4 is 5.32 Å². The maximum absolute atomic E-state index is 3.67. The maximum Gasteiger partial charge on any atom is 0.00670 e. The molecule has 1 unspecified atom stereocenters. The third kappa shape index (κ3) is 6.77. The van der Waals surface area contributed by atoms with E-state index in [9.17, 15) is 0 Å². The van der Waals surface area contributed by atoms with Crippen LogP contribution in [0.3, 0.4) is 0 Å². The van der Waals surface area contributed by atoms with Crippen molar-refractivity contribution in [2.45, 2.75) is 71.8 Å². The molecule has 1 atom stereocenters. The minimum atomic E-state index is 0.722. The summed E-state index contributed by atoms with van der Waals surface area (Å²) in [6, 6.07) is 9.86. The second kappa shape index (κ2) is 10.0. The van der Waals surface area contributed by atoms with Crippen LogP contribution in [-0.2, 0) is 12.8 Å². The number of hydrogen-bond donors (Lipinski definition) is 1. The first-order chi connectivity index (χ1) is 9.30. The lowest BCUT2D eigenvalue weighted by Gasteiger charge is -2.17. The van der Waals surface area contributed by atoms with Crippen LogP contribution in [0.25, 0.3) is 0 Å². The van der Waals surface area contributed by atoms with E-state index in [1.807, 2.05) is 0 Å². The normalized spacial score (nSPS) is 12.6. The smallest absolute Gasteiger partial charge is 0.00670 e. The van der Waals surface area contributed by atoms with Gasteiger partial charge in [0.2, 0.25) is 0 Å². The van der Waals surface area contributed by atoms with E-state index >= 15 is 0 Å². The fraction of sp³-hybridized carbons (Fsp3) is 0.667. The molecule has 0 amide bonds. The van der Waals surface area contributed by atoms with Gasteiger partial charge in [-0.25, -0.2) is 0 Å². The second-order valence-electron chi connectivity index (χ2n) is 5.50. The van der Waals surface area contributed by atoms with Crippen molar-refractivity contribution in [1.29, 1.82) is 0 Å². The van der Waals surface area contributed by atoms with Crippen LogP contribution in [0.4, 0.5) is 0 Å². The van der Waals surface area contributed by atoms with Crippen LogP contribution in [0, 0.1) is 0 Å². The third-order valence-corrected chi connectivity index (χ3v) is 3.77. The van der Waals surface area contributed by atoms with Gasteiger partial charge in [-0.05, 0) is 56.2 Å². The van der Waals surface area contributed by atoms with E-state index in [2.05, 4.69) is 50.4 Å². The molecule has 0 aliphatic heterocycles. The van der Waals surface area contributed by atoms with Crippen LogP contribution >= 0.6 is 0 Å². The van der Waals surface area contributed by atoms with Crippen molar-refractivity contribution in [3.8, 4) is 0 Å².